The molecule has 1 aliphatic heterocycles. The largest absolute Gasteiger partial charge is 0.497 e. The number of nitrogens with zero attached hydrogens (tertiary/aromatic N) is 3. The second-order valence-corrected chi connectivity index (χ2v) is 9.23. The molecule has 1 atom stereocenters. The number of hydrogen-bond donors (Lipinski definition) is 1. The van der Waals surface area contributed by atoms with Gasteiger partial charge >= 0.3 is 0 Å². The van der Waals surface area contributed by atoms with Crippen molar-refractivity contribution in [1.29, 1.82) is 0 Å². The molecule has 0 saturated heterocycles. The molecular formula is C28H30N4O5. The van der Waals surface area contributed by atoms with Gasteiger partial charge in [0.25, 0.3) is 5.91 Å². The van der Waals surface area contributed by atoms with Crippen molar-refractivity contribution in [1.82, 2.24) is 20.2 Å². The molecule has 1 aliphatic carbocycles. The third kappa shape index (κ3) is 5.66. The van der Waals surface area contributed by atoms with E-state index in [4.69, 9.17) is 14.2 Å². The zero-order chi connectivity index (χ0) is 25.6. The van der Waals surface area contributed by atoms with E-state index in [0.717, 1.165) is 31.2 Å². The van der Waals surface area contributed by atoms with E-state index in [2.05, 4.69) is 15.3 Å². The quantitative estimate of drug-likeness (QED) is 0.496. The molecule has 0 spiro atoms. The van der Waals surface area contributed by atoms with Gasteiger partial charge in [-0.05, 0) is 48.2 Å². The van der Waals surface area contributed by atoms with Crippen molar-refractivity contribution < 1.29 is 23.8 Å². The van der Waals surface area contributed by atoms with Gasteiger partial charge in [0.05, 0.1) is 13.3 Å². The van der Waals surface area contributed by atoms with Crippen LogP contribution in [0.3, 0.4) is 0 Å². The molecule has 1 saturated carbocycles. The number of ether oxygens (including phenoxy) is 3. The standard InChI is InChI=1S/C28H30N4O5/c1-35-22-10-8-20(9-11-22)26(27(33)31-21-5-3-2-4-6-21)32(28(34)23-16-29-13-14-30-23)17-19-7-12-24-25(15-19)37-18-36-24/h7-16,21,26H,2-6,17-18H2,1H3,(H,31,33)/t26-/m1/s1. The Balaban J connectivity index is 1.53. The van der Waals surface area contributed by atoms with E-state index in [1.165, 1.54) is 25.0 Å². The second kappa shape index (κ2) is 11.3. The van der Waals surface area contributed by atoms with Gasteiger partial charge < -0.3 is 24.4 Å². The van der Waals surface area contributed by atoms with Crippen LogP contribution >= 0.6 is 0 Å². The van der Waals surface area contributed by atoms with Gasteiger partial charge in [0.2, 0.25) is 12.7 Å². The number of methoxy groups -OCH3 is 1. The van der Waals surface area contributed by atoms with Crippen LogP contribution in [-0.2, 0) is 11.3 Å². The molecule has 0 radical (unpaired) electrons. The lowest BCUT2D eigenvalue weighted by Gasteiger charge is -2.33. The molecule has 9 nitrogen and oxygen atoms in total. The summed E-state index contributed by atoms with van der Waals surface area (Å²) in [4.78, 5) is 37.6. The average Bonchev–Trinajstić information content (AvgIpc) is 3.42. The van der Waals surface area contributed by atoms with Crippen molar-refractivity contribution in [3.63, 3.8) is 0 Å². The molecule has 0 unspecified atom stereocenters. The van der Waals surface area contributed by atoms with Crippen LogP contribution in [0.25, 0.3) is 0 Å². The Morgan fingerprint density at radius 2 is 1.84 bits per heavy atom. The average molecular weight is 503 g/mol. The van der Waals surface area contributed by atoms with Crippen LogP contribution in [0.5, 0.6) is 17.2 Å². The minimum Gasteiger partial charge on any atom is -0.497 e. The van der Waals surface area contributed by atoms with E-state index in [9.17, 15) is 9.59 Å². The summed E-state index contributed by atoms with van der Waals surface area (Å²) in [6.07, 6.45) is 9.60. The van der Waals surface area contributed by atoms with Crippen LogP contribution < -0.4 is 19.5 Å². The Hall–Kier alpha value is -4.14. The molecule has 9 heteroatoms. The van der Waals surface area contributed by atoms with Crippen LogP contribution in [0.1, 0.15) is 59.8 Å². The van der Waals surface area contributed by atoms with E-state index < -0.39 is 11.9 Å². The fourth-order valence-corrected chi connectivity index (χ4v) is 4.86. The fourth-order valence-electron chi connectivity index (χ4n) is 4.86. The highest BCUT2D eigenvalue weighted by molar-refractivity contribution is 5.96. The molecular weight excluding hydrogens is 472 g/mol. The van der Waals surface area contributed by atoms with E-state index in [0.29, 0.717) is 22.8 Å². The number of benzene rings is 2. The first-order valence-electron chi connectivity index (χ1n) is 12.5. The number of aromatic nitrogens is 2. The molecule has 5 rings (SSSR count). The number of carbonyl (C=O) groups is 2. The predicted octanol–water partition coefficient (Wildman–Crippen LogP) is 4.05. The van der Waals surface area contributed by atoms with Gasteiger partial charge in [-0.3, -0.25) is 14.6 Å². The van der Waals surface area contributed by atoms with Crippen LogP contribution in [0.4, 0.5) is 0 Å². The van der Waals surface area contributed by atoms with E-state index in [1.807, 2.05) is 30.3 Å². The number of hydrogen-bond acceptors (Lipinski definition) is 7. The Morgan fingerprint density at radius 1 is 1.05 bits per heavy atom. The summed E-state index contributed by atoms with van der Waals surface area (Å²) in [6.45, 7) is 0.306. The third-order valence-corrected chi connectivity index (χ3v) is 6.78. The van der Waals surface area contributed by atoms with Gasteiger partial charge in [-0.15, -0.1) is 0 Å². The number of fused-ring (bicyclic) bond motifs is 1. The normalized spacial score (nSPS) is 15.6. The summed E-state index contributed by atoms with van der Waals surface area (Å²) < 4.78 is 16.3. The molecule has 2 aliphatic rings. The van der Waals surface area contributed by atoms with E-state index >= 15 is 0 Å². The fraction of sp³-hybridized carbons (Fsp3) is 0.357. The Morgan fingerprint density at radius 3 is 2.57 bits per heavy atom. The lowest BCUT2D eigenvalue weighted by atomic mass is 9.94. The van der Waals surface area contributed by atoms with Crippen molar-refractivity contribution in [2.24, 2.45) is 0 Å². The molecule has 0 bridgehead atoms. The van der Waals surface area contributed by atoms with Crippen molar-refractivity contribution in [2.75, 3.05) is 13.9 Å². The Labute approximate surface area is 215 Å². The summed E-state index contributed by atoms with van der Waals surface area (Å²) >= 11 is 0. The monoisotopic (exact) mass is 502 g/mol. The van der Waals surface area contributed by atoms with Crippen LogP contribution in [0.15, 0.2) is 61.1 Å². The summed E-state index contributed by atoms with van der Waals surface area (Å²) in [7, 11) is 1.59. The van der Waals surface area contributed by atoms with Crippen molar-refractivity contribution in [2.45, 2.75) is 50.7 Å². The van der Waals surface area contributed by atoms with Gasteiger partial charge in [-0.1, -0.05) is 37.5 Å². The molecule has 1 N–H and O–H groups in total. The van der Waals surface area contributed by atoms with Gasteiger partial charge in [0.1, 0.15) is 17.5 Å². The maximum atomic E-state index is 13.9. The van der Waals surface area contributed by atoms with Gasteiger partial charge in [-0.2, -0.15) is 0 Å². The smallest absolute Gasteiger partial charge is 0.275 e. The first-order valence-corrected chi connectivity index (χ1v) is 12.5. The van der Waals surface area contributed by atoms with Crippen molar-refractivity contribution in [3.8, 4) is 17.2 Å². The second-order valence-electron chi connectivity index (χ2n) is 9.23. The highest BCUT2D eigenvalue weighted by atomic mass is 16.7. The molecule has 3 aromatic rings. The first-order chi connectivity index (χ1) is 18.1. The maximum absolute atomic E-state index is 13.9. The van der Waals surface area contributed by atoms with Crippen LogP contribution in [0.2, 0.25) is 0 Å². The number of carbonyl (C=O) groups excluding carboxylic acids is 2. The molecule has 37 heavy (non-hydrogen) atoms. The maximum Gasteiger partial charge on any atom is 0.275 e. The third-order valence-electron chi connectivity index (χ3n) is 6.78. The van der Waals surface area contributed by atoms with E-state index in [-0.39, 0.29) is 31.0 Å². The molecule has 1 fully saturated rings. The summed E-state index contributed by atoms with van der Waals surface area (Å²) in [5.41, 5.74) is 1.63. The summed E-state index contributed by atoms with van der Waals surface area (Å²) in [5, 5.41) is 3.22. The van der Waals surface area contributed by atoms with Crippen molar-refractivity contribution in [3.05, 3.63) is 77.9 Å². The molecule has 1 aromatic heterocycles. The molecule has 2 aromatic carbocycles. The number of rotatable bonds is 8. The zero-order valence-corrected chi connectivity index (χ0v) is 20.8. The highest BCUT2D eigenvalue weighted by Gasteiger charge is 2.34. The predicted molar refractivity (Wildman–Crippen MR) is 135 cm³/mol. The lowest BCUT2D eigenvalue weighted by Crippen LogP contribution is -2.47. The minimum absolute atomic E-state index is 0.0843. The Bertz CT molecular complexity index is 1230. The van der Waals surface area contributed by atoms with Gasteiger partial charge in [0.15, 0.2) is 11.5 Å². The zero-order valence-electron chi connectivity index (χ0n) is 20.8. The van der Waals surface area contributed by atoms with Crippen molar-refractivity contribution >= 4 is 11.8 Å². The number of nitrogens with one attached hydrogen (secondary N) is 1. The summed E-state index contributed by atoms with van der Waals surface area (Å²) in [5.74, 6) is 1.30. The minimum atomic E-state index is -0.896. The van der Waals surface area contributed by atoms with Crippen LogP contribution in [0, 0.1) is 0 Å². The molecule has 2 amide bonds. The molecule has 192 valence electrons. The van der Waals surface area contributed by atoms with Gasteiger partial charge in [-0.25, -0.2) is 4.98 Å². The van der Waals surface area contributed by atoms with E-state index in [1.54, 1.807) is 24.1 Å². The highest BCUT2D eigenvalue weighted by Crippen LogP contribution is 2.34. The molecule has 2 heterocycles. The van der Waals surface area contributed by atoms with Crippen LogP contribution in [-0.4, -0.2) is 46.6 Å². The summed E-state index contributed by atoms with van der Waals surface area (Å²) in [6, 6.07) is 11.9. The lowest BCUT2D eigenvalue weighted by molar-refractivity contribution is -0.127. The topological polar surface area (TPSA) is 103 Å². The van der Waals surface area contributed by atoms with Gasteiger partial charge in [0, 0.05) is 25.0 Å². The first kappa shape index (κ1) is 24.5. The Kier molecular flexibility index (Phi) is 7.49. The SMILES string of the molecule is COc1ccc([C@H](C(=O)NC2CCCCC2)N(Cc2ccc3c(c2)OCO3)C(=O)c2cnccn2)cc1. The number of amides is 2.